The first-order chi connectivity index (χ1) is 9.18. The Morgan fingerprint density at radius 2 is 1.63 bits per heavy atom. The van der Waals surface area contributed by atoms with Gasteiger partial charge in [0, 0.05) is 11.6 Å². The molecule has 0 radical (unpaired) electrons. The van der Waals surface area contributed by atoms with E-state index in [9.17, 15) is 0 Å². The van der Waals surface area contributed by atoms with Crippen LogP contribution in [-0.4, -0.2) is 0 Å². The summed E-state index contributed by atoms with van der Waals surface area (Å²) in [7, 11) is 2.11. The van der Waals surface area contributed by atoms with Crippen molar-refractivity contribution in [3.63, 3.8) is 0 Å². The third-order valence-corrected chi connectivity index (χ3v) is 3.91. The van der Waals surface area contributed by atoms with Gasteiger partial charge in [-0.3, -0.25) is 0 Å². The van der Waals surface area contributed by atoms with E-state index in [1.165, 1.54) is 33.2 Å². The molecule has 0 saturated carbocycles. The summed E-state index contributed by atoms with van der Waals surface area (Å²) in [6.07, 6.45) is 2.14. The molecule has 3 aromatic rings. The minimum atomic E-state index is 1.29. The summed E-state index contributed by atoms with van der Waals surface area (Å²) in [5, 5.41) is 2.60. The second-order valence-electron chi connectivity index (χ2n) is 5.11. The molecule has 0 aliphatic carbocycles. The molecule has 1 nitrogen and oxygen atoms in total. The number of pyridine rings is 1. The van der Waals surface area contributed by atoms with Crippen molar-refractivity contribution in [3.05, 3.63) is 65.9 Å². The molecule has 19 heavy (non-hydrogen) atoms. The van der Waals surface area contributed by atoms with Gasteiger partial charge in [-0.1, -0.05) is 30.3 Å². The third kappa shape index (κ3) is 1.91. The number of fused-ring (bicyclic) bond motifs is 1. The quantitative estimate of drug-likeness (QED) is 0.574. The number of aromatic nitrogens is 1. The molecule has 1 heteroatoms. The molecule has 1 aromatic heterocycles. The van der Waals surface area contributed by atoms with Gasteiger partial charge in [-0.25, -0.2) is 4.57 Å². The smallest absolute Gasteiger partial charge is 0.200 e. The van der Waals surface area contributed by atoms with Crippen molar-refractivity contribution >= 4 is 10.8 Å². The lowest BCUT2D eigenvalue weighted by molar-refractivity contribution is -0.659. The van der Waals surface area contributed by atoms with Crippen molar-refractivity contribution < 1.29 is 4.57 Å². The monoisotopic (exact) mass is 248 g/mol. The summed E-state index contributed by atoms with van der Waals surface area (Å²) in [4.78, 5) is 0. The lowest BCUT2D eigenvalue weighted by Crippen LogP contribution is -2.30. The highest BCUT2D eigenvalue weighted by Gasteiger charge is 2.16. The van der Waals surface area contributed by atoms with E-state index in [0.29, 0.717) is 0 Å². The Labute approximate surface area is 114 Å². The molecule has 0 unspecified atom stereocenters. The maximum Gasteiger partial charge on any atom is 0.220 e. The largest absolute Gasteiger partial charge is 0.220 e. The van der Waals surface area contributed by atoms with Gasteiger partial charge < -0.3 is 0 Å². The fourth-order valence-electron chi connectivity index (χ4n) is 2.66. The van der Waals surface area contributed by atoms with Crippen molar-refractivity contribution in [1.82, 2.24) is 0 Å². The summed E-state index contributed by atoms with van der Waals surface area (Å²) in [5.74, 6) is 0. The highest BCUT2D eigenvalue weighted by atomic mass is 14.9. The van der Waals surface area contributed by atoms with Gasteiger partial charge in [0.15, 0.2) is 6.20 Å². The molecule has 0 fully saturated rings. The van der Waals surface area contributed by atoms with Crippen LogP contribution in [0.2, 0.25) is 0 Å². The SMILES string of the molecule is Cc1cccc(-c2c3ccccc3cc[n+]2C)c1C. The van der Waals surface area contributed by atoms with E-state index >= 15 is 0 Å². The summed E-state index contributed by atoms with van der Waals surface area (Å²) >= 11 is 0. The first-order valence-corrected chi connectivity index (χ1v) is 6.62. The van der Waals surface area contributed by atoms with Crippen molar-refractivity contribution in [2.45, 2.75) is 13.8 Å². The van der Waals surface area contributed by atoms with Crippen molar-refractivity contribution in [1.29, 1.82) is 0 Å². The fraction of sp³-hybridized carbons (Fsp3) is 0.167. The van der Waals surface area contributed by atoms with Gasteiger partial charge in [-0.05, 0) is 42.5 Å². The maximum atomic E-state index is 2.21. The topological polar surface area (TPSA) is 3.88 Å². The van der Waals surface area contributed by atoms with Gasteiger partial charge in [0.2, 0.25) is 5.69 Å². The van der Waals surface area contributed by atoms with E-state index in [2.05, 4.69) is 80.2 Å². The standard InChI is InChI=1S/C18H18N/c1-13-7-6-10-16(14(13)2)18-17-9-5-4-8-15(17)11-12-19(18)3/h4-12H,1-3H3/q+1. The number of benzene rings is 2. The Hall–Kier alpha value is -2.15. The Bertz CT molecular complexity index is 757. The molecule has 0 saturated heterocycles. The first kappa shape index (κ1) is 11.9. The second-order valence-corrected chi connectivity index (χ2v) is 5.11. The van der Waals surface area contributed by atoms with Crippen LogP contribution in [0.3, 0.4) is 0 Å². The average molecular weight is 248 g/mol. The number of nitrogens with zero attached hydrogens (tertiary/aromatic N) is 1. The van der Waals surface area contributed by atoms with E-state index in [-0.39, 0.29) is 0 Å². The van der Waals surface area contributed by atoms with Crippen LogP contribution in [0.4, 0.5) is 0 Å². The molecule has 2 aromatic carbocycles. The molecular formula is C18H18N+. The maximum absolute atomic E-state index is 2.21. The number of hydrogen-bond acceptors (Lipinski definition) is 0. The molecule has 1 heterocycles. The number of rotatable bonds is 1. The van der Waals surface area contributed by atoms with Crippen LogP contribution in [0.15, 0.2) is 54.7 Å². The summed E-state index contributed by atoms with van der Waals surface area (Å²) < 4.78 is 2.21. The molecule has 0 aliphatic heterocycles. The third-order valence-electron chi connectivity index (χ3n) is 3.91. The predicted molar refractivity (Wildman–Crippen MR) is 80.0 cm³/mol. The lowest BCUT2D eigenvalue weighted by Gasteiger charge is -2.09. The molecule has 0 atom stereocenters. The van der Waals surface area contributed by atoms with Crippen LogP contribution in [0.1, 0.15) is 11.1 Å². The number of hydrogen-bond donors (Lipinski definition) is 0. The fourth-order valence-corrected chi connectivity index (χ4v) is 2.66. The zero-order chi connectivity index (χ0) is 13.4. The van der Waals surface area contributed by atoms with Crippen LogP contribution in [0.25, 0.3) is 22.0 Å². The molecule has 0 bridgehead atoms. The Morgan fingerprint density at radius 3 is 2.47 bits per heavy atom. The van der Waals surface area contributed by atoms with Gasteiger partial charge in [-0.2, -0.15) is 0 Å². The van der Waals surface area contributed by atoms with E-state index in [0.717, 1.165) is 0 Å². The van der Waals surface area contributed by atoms with E-state index in [1.807, 2.05) is 0 Å². The Kier molecular flexibility index (Phi) is 2.83. The molecule has 3 rings (SSSR count). The van der Waals surface area contributed by atoms with Crippen LogP contribution in [-0.2, 0) is 7.05 Å². The molecule has 0 spiro atoms. The number of aryl methyl sites for hydroxylation is 2. The summed E-state index contributed by atoms with van der Waals surface area (Å²) in [6, 6.07) is 17.3. The minimum Gasteiger partial charge on any atom is -0.200 e. The van der Waals surface area contributed by atoms with Crippen LogP contribution in [0, 0.1) is 13.8 Å². The highest BCUT2D eigenvalue weighted by molar-refractivity contribution is 5.93. The molecule has 94 valence electrons. The zero-order valence-electron chi connectivity index (χ0n) is 11.6. The van der Waals surface area contributed by atoms with Crippen molar-refractivity contribution in [2.75, 3.05) is 0 Å². The first-order valence-electron chi connectivity index (χ1n) is 6.62. The molecule has 0 N–H and O–H groups in total. The average Bonchev–Trinajstić information content (AvgIpc) is 2.43. The van der Waals surface area contributed by atoms with Gasteiger partial charge >= 0.3 is 0 Å². The Morgan fingerprint density at radius 1 is 0.842 bits per heavy atom. The van der Waals surface area contributed by atoms with E-state index in [4.69, 9.17) is 0 Å². The van der Waals surface area contributed by atoms with Gasteiger partial charge in [-0.15, -0.1) is 0 Å². The van der Waals surface area contributed by atoms with Gasteiger partial charge in [0.25, 0.3) is 0 Å². The van der Waals surface area contributed by atoms with Crippen molar-refractivity contribution in [2.24, 2.45) is 7.05 Å². The second kappa shape index (κ2) is 4.51. The Balaban J connectivity index is 2.42. The van der Waals surface area contributed by atoms with Crippen LogP contribution < -0.4 is 4.57 Å². The summed E-state index contributed by atoms with van der Waals surface area (Å²) in [5.41, 5.74) is 5.30. The van der Waals surface area contributed by atoms with Gasteiger partial charge in [0.05, 0.1) is 5.39 Å². The van der Waals surface area contributed by atoms with E-state index in [1.54, 1.807) is 0 Å². The molecule has 0 aliphatic rings. The van der Waals surface area contributed by atoms with Crippen LogP contribution >= 0.6 is 0 Å². The highest BCUT2D eigenvalue weighted by Crippen LogP contribution is 2.28. The molecular weight excluding hydrogens is 230 g/mol. The zero-order valence-corrected chi connectivity index (χ0v) is 11.6. The van der Waals surface area contributed by atoms with E-state index < -0.39 is 0 Å². The lowest BCUT2D eigenvalue weighted by atomic mass is 9.97. The molecule has 0 amide bonds. The summed E-state index contributed by atoms with van der Waals surface area (Å²) in [6.45, 7) is 4.37. The minimum absolute atomic E-state index is 1.29. The van der Waals surface area contributed by atoms with Crippen molar-refractivity contribution in [3.8, 4) is 11.3 Å². The normalized spacial score (nSPS) is 10.9. The van der Waals surface area contributed by atoms with Crippen LogP contribution in [0.5, 0.6) is 0 Å². The predicted octanol–water partition coefficient (Wildman–Crippen LogP) is 3.95. The van der Waals surface area contributed by atoms with Gasteiger partial charge in [0.1, 0.15) is 7.05 Å².